The largest absolute Gasteiger partial charge is 0.344 e. The Kier molecular flexibility index (Phi) is 3.11. The molecule has 0 heterocycles. The zero-order valence-electron chi connectivity index (χ0n) is 7.40. The van der Waals surface area contributed by atoms with Crippen LogP contribution in [-0.4, -0.2) is 13.1 Å². The van der Waals surface area contributed by atoms with Crippen LogP contribution in [-0.2, 0) is 0 Å². The van der Waals surface area contributed by atoms with Crippen molar-refractivity contribution in [1.82, 2.24) is 5.43 Å². The number of nitrogens with zero attached hydrogens (tertiary/aromatic N) is 2. The summed E-state index contributed by atoms with van der Waals surface area (Å²) in [5.41, 5.74) is 1.74. The third kappa shape index (κ3) is 2.03. The van der Waals surface area contributed by atoms with Crippen LogP contribution in [0.3, 0.4) is 0 Å². The second kappa shape index (κ2) is 4.31. The van der Waals surface area contributed by atoms with Crippen molar-refractivity contribution in [2.75, 3.05) is 11.9 Å². The van der Waals surface area contributed by atoms with Crippen LogP contribution >= 0.6 is 0 Å². The molecule has 14 heavy (non-hydrogen) atoms. The molecule has 74 valence electrons. The van der Waals surface area contributed by atoms with Crippen LogP contribution in [0.15, 0.2) is 29.6 Å². The van der Waals surface area contributed by atoms with E-state index in [1.54, 1.807) is 11.5 Å². The second-order valence-corrected chi connectivity index (χ2v) is 2.52. The molecule has 0 saturated heterocycles. The zero-order valence-corrected chi connectivity index (χ0v) is 7.40. The second-order valence-electron chi connectivity index (χ2n) is 2.52. The molecule has 0 aliphatic rings. The number of anilines is 1. The molecule has 0 radical (unpaired) electrons. The molecular weight excluding hydrogens is 189 g/mol. The van der Waals surface area contributed by atoms with Crippen molar-refractivity contribution in [2.24, 2.45) is 5.29 Å². The van der Waals surface area contributed by atoms with Crippen LogP contribution in [0.4, 0.5) is 14.9 Å². The summed E-state index contributed by atoms with van der Waals surface area (Å²) in [6.07, 6.45) is 0. The molecule has 1 rings (SSSR count). The van der Waals surface area contributed by atoms with Gasteiger partial charge in [-0.05, 0) is 12.1 Å². The van der Waals surface area contributed by atoms with Crippen molar-refractivity contribution < 1.29 is 9.18 Å². The van der Waals surface area contributed by atoms with E-state index in [-0.39, 0.29) is 5.69 Å². The Bertz CT molecular complexity index is 356. The fourth-order valence-corrected chi connectivity index (χ4v) is 0.947. The minimum Gasteiger partial charge on any atom is -0.293 e. The van der Waals surface area contributed by atoms with Crippen LogP contribution < -0.4 is 10.3 Å². The first kappa shape index (κ1) is 10.1. The molecule has 6 heteroatoms. The maximum absolute atomic E-state index is 13.1. The van der Waals surface area contributed by atoms with Gasteiger partial charge in [0.2, 0.25) is 0 Å². The number of hydrogen-bond donors (Lipinski definition) is 1. The smallest absolute Gasteiger partial charge is 0.293 e. The van der Waals surface area contributed by atoms with Gasteiger partial charge in [0.25, 0.3) is 0 Å². The topological polar surface area (TPSA) is 61.8 Å². The summed E-state index contributed by atoms with van der Waals surface area (Å²) < 4.78 is 13.1. The molecule has 0 spiro atoms. The van der Waals surface area contributed by atoms with E-state index in [1.165, 1.54) is 25.2 Å². The van der Waals surface area contributed by atoms with Crippen molar-refractivity contribution in [2.45, 2.75) is 0 Å². The van der Waals surface area contributed by atoms with Gasteiger partial charge in [0.15, 0.2) is 0 Å². The Morgan fingerprint density at radius 1 is 1.50 bits per heavy atom. The SMILES string of the molecule is CN(C(=O)NN=O)c1ccccc1F. The van der Waals surface area contributed by atoms with E-state index in [0.717, 1.165) is 4.90 Å². The first-order valence-electron chi connectivity index (χ1n) is 3.77. The highest BCUT2D eigenvalue weighted by atomic mass is 19.1. The molecule has 1 N–H and O–H groups in total. The average molecular weight is 197 g/mol. The first-order chi connectivity index (χ1) is 6.66. The van der Waals surface area contributed by atoms with Gasteiger partial charge in [0, 0.05) is 7.05 Å². The van der Waals surface area contributed by atoms with E-state index >= 15 is 0 Å². The summed E-state index contributed by atoms with van der Waals surface area (Å²) in [6, 6.07) is 4.93. The van der Waals surface area contributed by atoms with Gasteiger partial charge in [-0.2, -0.15) is 5.43 Å². The predicted octanol–water partition coefficient (Wildman–Crippen LogP) is 1.65. The van der Waals surface area contributed by atoms with Crippen molar-refractivity contribution in [1.29, 1.82) is 0 Å². The number of amides is 2. The van der Waals surface area contributed by atoms with E-state index in [0.29, 0.717) is 0 Å². The Hall–Kier alpha value is -1.98. The third-order valence-corrected chi connectivity index (χ3v) is 1.66. The molecular formula is C8H8FN3O2. The number of para-hydroxylation sites is 1. The fraction of sp³-hybridized carbons (Fsp3) is 0.125. The average Bonchev–Trinajstić information content (AvgIpc) is 2.18. The predicted molar refractivity (Wildman–Crippen MR) is 49.1 cm³/mol. The molecule has 5 nitrogen and oxygen atoms in total. The number of nitrogens with one attached hydrogen (secondary N) is 1. The summed E-state index contributed by atoms with van der Waals surface area (Å²) in [7, 11) is 1.33. The minimum absolute atomic E-state index is 0.0775. The number of rotatable bonds is 2. The summed E-state index contributed by atoms with van der Waals surface area (Å²) in [5, 5.41) is 2.20. The minimum atomic E-state index is -0.787. The van der Waals surface area contributed by atoms with Crippen LogP contribution in [0.25, 0.3) is 0 Å². The normalized spacial score (nSPS) is 9.29. The lowest BCUT2D eigenvalue weighted by Gasteiger charge is -2.15. The molecule has 1 aromatic carbocycles. The van der Waals surface area contributed by atoms with Crippen molar-refractivity contribution in [3.8, 4) is 0 Å². The number of urea groups is 1. The van der Waals surface area contributed by atoms with Gasteiger partial charge in [-0.1, -0.05) is 12.1 Å². The van der Waals surface area contributed by atoms with Gasteiger partial charge in [-0.25, -0.2) is 9.18 Å². The van der Waals surface area contributed by atoms with Gasteiger partial charge in [-0.15, -0.1) is 4.91 Å². The summed E-state index contributed by atoms with van der Waals surface area (Å²) >= 11 is 0. The number of nitroso groups, excluding NO2 is 1. The molecule has 0 bridgehead atoms. The van der Waals surface area contributed by atoms with Crippen molar-refractivity contribution >= 4 is 11.7 Å². The van der Waals surface area contributed by atoms with Gasteiger partial charge in [-0.3, -0.25) is 4.90 Å². The highest BCUT2D eigenvalue weighted by Crippen LogP contribution is 2.16. The summed E-state index contributed by atoms with van der Waals surface area (Å²) in [4.78, 5) is 21.7. The Morgan fingerprint density at radius 2 is 2.14 bits per heavy atom. The van der Waals surface area contributed by atoms with E-state index in [2.05, 4.69) is 5.29 Å². The number of carbonyl (C=O) groups is 1. The quantitative estimate of drug-likeness (QED) is 0.578. The molecule has 0 aliphatic heterocycles. The fourth-order valence-electron chi connectivity index (χ4n) is 0.947. The van der Waals surface area contributed by atoms with Gasteiger partial charge >= 0.3 is 6.03 Å². The standard InChI is InChI=1S/C8H8FN3O2/c1-12(8(13)10-11-14)7-5-3-2-4-6(7)9/h2-5H,1H3,(H,10,13,14). The molecule has 0 aromatic heterocycles. The van der Waals surface area contributed by atoms with Gasteiger partial charge in [0.05, 0.1) is 11.0 Å². The van der Waals surface area contributed by atoms with E-state index < -0.39 is 11.8 Å². The van der Waals surface area contributed by atoms with Crippen molar-refractivity contribution in [3.63, 3.8) is 0 Å². The highest BCUT2D eigenvalue weighted by molar-refractivity contribution is 5.91. The Labute approximate surface area is 79.5 Å². The van der Waals surface area contributed by atoms with Crippen molar-refractivity contribution in [3.05, 3.63) is 35.0 Å². The van der Waals surface area contributed by atoms with Crippen LogP contribution in [0.2, 0.25) is 0 Å². The Morgan fingerprint density at radius 3 is 2.71 bits per heavy atom. The van der Waals surface area contributed by atoms with Gasteiger partial charge < -0.3 is 0 Å². The van der Waals surface area contributed by atoms with E-state index in [9.17, 15) is 14.1 Å². The molecule has 0 aliphatic carbocycles. The van der Waals surface area contributed by atoms with Gasteiger partial charge in [0.1, 0.15) is 5.82 Å². The highest BCUT2D eigenvalue weighted by Gasteiger charge is 2.13. The molecule has 0 fully saturated rings. The summed E-state index contributed by atoms with van der Waals surface area (Å²) in [5.74, 6) is -0.545. The molecule has 0 unspecified atom stereocenters. The number of carbonyl (C=O) groups excluding carboxylic acids is 1. The Balaban J connectivity index is 2.89. The number of benzene rings is 1. The monoisotopic (exact) mass is 197 g/mol. The lowest BCUT2D eigenvalue weighted by atomic mass is 10.3. The van der Waals surface area contributed by atoms with Crippen LogP contribution in [0, 0.1) is 10.7 Å². The van der Waals surface area contributed by atoms with E-state index in [4.69, 9.17) is 0 Å². The first-order valence-corrected chi connectivity index (χ1v) is 3.77. The molecule has 0 atom stereocenters. The number of hydrogen-bond acceptors (Lipinski definition) is 3. The molecule has 0 saturated carbocycles. The maximum atomic E-state index is 13.1. The number of halogens is 1. The summed E-state index contributed by atoms with van der Waals surface area (Å²) in [6.45, 7) is 0. The lowest BCUT2D eigenvalue weighted by molar-refractivity contribution is 0.247. The van der Waals surface area contributed by atoms with Crippen LogP contribution in [0.1, 0.15) is 0 Å². The molecule has 2 amide bonds. The van der Waals surface area contributed by atoms with Crippen LogP contribution in [0.5, 0.6) is 0 Å². The van der Waals surface area contributed by atoms with E-state index in [1.807, 2.05) is 0 Å². The third-order valence-electron chi connectivity index (χ3n) is 1.66. The lowest BCUT2D eigenvalue weighted by Crippen LogP contribution is -2.34. The maximum Gasteiger partial charge on any atom is 0.344 e. The zero-order chi connectivity index (χ0) is 10.6. The molecule has 1 aromatic rings.